The highest BCUT2D eigenvalue weighted by atomic mass is 32.2. The van der Waals surface area contributed by atoms with Gasteiger partial charge in [-0.05, 0) is 48.9 Å². The number of nitrogens with zero attached hydrogens (tertiary/aromatic N) is 2. The maximum absolute atomic E-state index is 13.6. The first-order valence-corrected chi connectivity index (χ1v) is 11.9. The molecule has 2 heterocycles. The first-order valence-electron chi connectivity index (χ1n) is 9.55. The van der Waals surface area contributed by atoms with Gasteiger partial charge in [-0.25, -0.2) is 13.8 Å². The van der Waals surface area contributed by atoms with Crippen LogP contribution in [-0.4, -0.2) is 38.2 Å². The van der Waals surface area contributed by atoms with Crippen LogP contribution in [0.2, 0.25) is 0 Å². The molecule has 1 aliphatic heterocycles. The Morgan fingerprint density at radius 2 is 2.07 bits per heavy atom. The molecule has 30 heavy (non-hydrogen) atoms. The summed E-state index contributed by atoms with van der Waals surface area (Å²) in [7, 11) is -1.48. The molecule has 10 heteroatoms. The molecule has 160 valence electrons. The maximum Gasteiger partial charge on any atom is 0.281 e. The predicted octanol–water partition coefficient (Wildman–Crippen LogP) is 4.20. The minimum atomic E-state index is -2.84. The molecule has 1 aromatic carbocycles. The van der Waals surface area contributed by atoms with Crippen molar-refractivity contribution >= 4 is 39.1 Å². The molecule has 0 radical (unpaired) electrons. The molecular formula is C20H21F2N3O3S2. The molecule has 2 aromatic rings. The number of fused-ring (bicyclic) bond motifs is 1. The number of aromatic nitrogens is 1. The fraction of sp³-hybridized carbons (Fsp3) is 0.450. The summed E-state index contributed by atoms with van der Waals surface area (Å²) in [4.78, 5) is 30.6. The number of carbonyl (C=O) groups excluding carboxylic acids is 2. The van der Waals surface area contributed by atoms with Crippen LogP contribution < -0.4 is 5.32 Å². The molecule has 2 amide bonds. The molecule has 1 aromatic heterocycles. The van der Waals surface area contributed by atoms with E-state index in [1.165, 1.54) is 19.2 Å². The third-order valence-corrected chi connectivity index (χ3v) is 7.49. The molecule has 2 atom stereocenters. The Morgan fingerprint density at radius 3 is 2.63 bits per heavy atom. The number of anilines is 1. The lowest BCUT2D eigenvalue weighted by Gasteiger charge is -2.24. The van der Waals surface area contributed by atoms with Crippen molar-refractivity contribution < 1.29 is 22.6 Å². The monoisotopic (exact) mass is 453 g/mol. The van der Waals surface area contributed by atoms with Gasteiger partial charge >= 0.3 is 0 Å². The van der Waals surface area contributed by atoms with Crippen molar-refractivity contribution in [2.24, 2.45) is 5.92 Å². The zero-order chi connectivity index (χ0) is 21.7. The normalized spacial score (nSPS) is 17.9. The molecule has 0 saturated heterocycles. The number of halogens is 2. The van der Waals surface area contributed by atoms with Gasteiger partial charge in [-0.2, -0.15) is 0 Å². The van der Waals surface area contributed by atoms with Crippen molar-refractivity contribution in [1.29, 1.82) is 0 Å². The maximum atomic E-state index is 13.6. The SMILES string of the molecule is CC(=O)Nc1nc(C(F)F)c(-c2cc3c(c(S(C)=O)c2)C(=O)N([C@@H](C)C2CC2)C3)s1. The number of hydrogen-bond donors (Lipinski definition) is 1. The third kappa shape index (κ3) is 3.78. The number of amides is 2. The molecule has 4 rings (SSSR count). The van der Waals surface area contributed by atoms with Gasteiger partial charge in [-0.1, -0.05) is 11.3 Å². The Balaban J connectivity index is 1.81. The molecule has 1 saturated carbocycles. The van der Waals surface area contributed by atoms with Crippen LogP contribution in [0.15, 0.2) is 17.0 Å². The topological polar surface area (TPSA) is 79.4 Å². The Morgan fingerprint density at radius 1 is 1.37 bits per heavy atom. The van der Waals surface area contributed by atoms with Crippen LogP contribution in [0.25, 0.3) is 10.4 Å². The highest BCUT2D eigenvalue weighted by Gasteiger charge is 2.40. The van der Waals surface area contributed by atoms with Gasteiger partial charge in [0.05, 0.1) is 26.1 Å². The summed E-state index contributed by atoms with van der Waals surface area (Å²) >= 11 is 0.937. The molecule has 2 aliphatic rings. The number of thiazole rings is 1. The lowest BCUT2D eigenvalue weighted by molar-refractivity contribution is -0.114. The molecule has 1 aliphatic carbocycles. The van der Waals surface area contributed by atoms with Crippen molar-refractivity contribution in [3.63, 3.8) is 0 Å². The lowest BCUT2D eigenvalue weighted by Crippen LogP contribution is -2.34. The second kappa shape index (κ2) is 7.81. The average Bonchev–Trinajstić information content (AvgIpc) is 3.35. The summed E-state index contributed by atoms with van der Waals surface area (Å²) in [6.45, 7) is 3.66. The highest BCUT2D eigenvalue weighted by molar-refractivity contribution is 7.84. The lowest BCUT2D eigenvalue weighted by atomic mass is 10.0. The summed E-state index contributed by atoms with van der Waals surface area (Å²) in [5.41, 5.74) is 1.09. The molecule has 1 unspecified atom stereocenters. The van der Waals surface area contributed by atoms with Gasteiger partial charge in [0.25, 0.3) is 12.3 Å². The first kappa shape index (κ1) is 21.0. The van der Waals surface area contributed by atoms with E-state index in [2.05, 4.69) is 10.3 Å². The number of rotatable bonds is 6. The number of carbonyl (C=O) groups is 2. The number of hydrogen-bond acceptors (Lipinski definition) is 5. The van der Waals surface area contributed by atoms with E-state index in [0.29, 0.717) is 34.0 Å². The minimum Gasteiger partial charge on any atom is -0.331 e. The largest absolute Gasteiger partial charge is 0.331 e. The second-order valence-electron chi connectivity index (χ2n) is 7.69. The van der Waals surface area contributed by atoms with Gasteiger partial charge in [-0.3, -0.25) is 13.8 Å². The van der Waals surface area contributed by atoms with Gasteiger partial charge in [0.2, 0.25) is 5.91 Å². The van der Waals surface area contributed by atoms with Crippen molar-refractivity contribution in [3.8, 4) is 10.4 Å². The van der Waals surface area contributed by atoms with E-state index in [-0.39, 0.29) is 22.0 Å². The summed E-state index contributed by atoms with van der Waals surface area (Å²) in [6, 6.07) is 3.33. The number of alkyl halides is 2. The Bertz CT molecular complexity index is 1070. The van der Waals surface area contributed by atoms with Crippen LogP contribution in [0, 0.1) is 5.92 Å². The van der Waals surface area contributed by atoms with Crippen LogP contribution in [0.1, 0.15) is 54.7 Å². The fourth-order valence-corrected chi connectivity index (χ4v) is 5.66. The highest BCUT2D eigenvalue weighted by Crippen LogP contribution is 2.43. The van der Waals surface area contributed by atoms with E-state index in [4.69, 9.17) is 0 Å². The smallest absolute Gasteiger partial charge is 0.281 e. The van der Waals surface area contributed by atoms with Gasteiger partial charge < -0.3 is 10.2 Å². The van der Waals surface area contributed by atoms with E-state index in [1.807, 2.05) is 6.92 Å². The van der Waals surface area contributed by atoms with Gasteiger partial charge in [0.1, 0.15) is 5.69 Å². The molecular weight excluding hydrogens is 432 g/mol. The summed E-state index contributed by atoms with van der Waals surface area (Å²) in [5, 5.41) is 2.52. The van der Waals surface area contributed by atoms with E-state index in [1.54, 1.807) is 11.0 Å². The van der Waals surface area contributed by atoms with Crippen molar-refractivity contribution in [3.05, 3.63) is 29.0 Å². The van der Waals surface area contributed by atoms with Gasteiger partial charge in [-0.15, -0.1) is 0 Å². The zero-order valence-corrected chi connectivity index (χ0v) is 18.3. The average molecular weight is 454 g/mol. The quantitative estimate of drug-likeness (QED) is 0.711. The Hall–Kier alpha value is -2.20. The van der Waals surface area contributed by atoms with Crippen LogP contribution in [0.5, 0.6) is 0 Å². The first-order chi connectivity index (χ1) is 14.2. The molecule has 0 spiro atoms. The summed E-state index contributed by atoms with van der Waals surface area (Å²) < 4.78 is 39.7. The molecule has 6 nitrogen and oxygen atoms in total. The van der Waals surface area contributed by atoms with Crippen LogP contribution in [-0.2, 0) is 22.1 Å². The standard InChI is InChI=1S/C20H21F2N3O3S2/c1-9(11-4-5-11)25-8-13-6-12(7-14(30(3)28)15(13)19(25)27)17-16(18(21)22)24-20(29-17)23-10(2)26/h6-7,9,11,18H,4-5,8H2,1-3H3,(H,23,24,26)/t9-,30?/m0/s1. The second-order valence-corrected chi connectivity index (χ2v) is 10.0. The molecule has 1 N–H and O–H groups in total. The van der Waals surface area contributed by atoms with E-state index in [0.717, 1.165) is 24.2 Å². The van der Waals surface area contributed by atoms with E-state index >= 15 is 0 Å². The molecule has 1 fully saturated rings. The predicted molar refractivity (Wildman–Crippen MR) is 111 cm³/mol. The Kier molecular flexibility index (Phi) is 5.48. The van der Waals surface area contributed by atoms with Gasteiger partial charge in [0, 0.05) is 25.8 Å². The number of nitrogens with one attached hydrogen (secondary N) is 1. The van der Waals surface area contributed by atoms with Crippen LogP contribution in [0.4, 0.5) is 13.9 Å². The van der Waals surface area contributed by atoms with Crippen molar-refractivity contribution in [2.45, 2.75) is 50.6 Å². The van der Waals surface area contributed by atoms with Crippen LogP contribution in [0.3, 0.4) is 0 Å². The van der Waals surface area contributed by atoms with Crippen LogP contribution >= 0.6 is 11.3 Å². The zero-order valence-electron chi connectivity index (χ0n) is 16.7. The summed E-state index contributed by atoms with van der Waals surface area (Å²) in [6.07, 6.45) is 0.812. The number of benzene rings is 1. The fourth-order valence-electron chi connectivity index (χ4n) is 3.85. The minimum absolute atomic E-state index is 0.0764. The molecule has 0 bridgehead atoms. The third-order valence-electron chi connectivity index (χ3n) is 5.51. The summed E-state index contributed by atoms with van der Waals surface area (Å²) in [5.74, 6) is -0.0837. The van der Waals surface area contributed by atoms with Gasteiger partial charge in [0.15, 0.2) is 5.13 Å². The Labute approximate surface area is 179 Å². The van der Waals surface area contributed by atoms with E-state index < -0.39 is 28.8 Å². The van der Waals surface area contributed by atoms with E-state index in [9.17, 15) is 22.6 Å². The van der Waals surface area contributed by atoms with Crippen molar-refractivity contribution in [2.75, 3.05) is 11.6 Å². The van der Waals surface area contributed by atoms with Crippen molar-refractivity contribution in [1.82, 2.24) is 9.88 Å².